The minimum Gasteiger partial charge on any atom is -0.390 e. The highest BCUT2D eigenvalue weighted by molar-refractivity contribution is 6.00. The molecular weight excluding hydrogens is 544 g/mol. The van der Waals surface area contributed by atoms with Gasteiger partial charge in [-0.3, -0.25) is 4.79 Å². The van der Waals surface area contributed by atoms with Gasteiger partial charge in [-0.15, -0.1) is 0 Å². The second kappa shape index (κ2) is 15.9. The lowest BCUT2D eigenvalue weighted by molar-refractivity contribution is -0.125. The summed E-state index contributed by atoms with van der Waals surface area (Å²) in [6.45, 7) is 19.7. The Balaban J connectivity index is 1.98. The third-order valence-electron chi connectivity index (χ3n) is 8.04. The van der Waals surface area contributed by atoms with E-state index in [1.807, 2.05) is 109 Å². The van der Waals surface area contributed by atoms with Crippen LogP contribution in [0.2, 0.25) is 0 Å². The Morgan fingerprint density at radius 3 is 1.66 bits per heavy atom. The van der Waals surface area contributed by atoms with Gasteiger partial charge in [0, 0.05) is 27.5 Å². The number of carbonyl (C=O) groups excluding carboxylic acids is 1. The molecule has 4 nitrogen and oxygen atoms in total. The number of hydrogen-bond donors (Lipinski definition) is 3. The van der Waals surface area contributed by atoms with Crippen molar-refractivity contribution in [2.24, 2.45) is 10.8 Å². The molecule has 234 valence electrons. The summed E-state index contributed by atoms with van der Waals surface area (Å²) in [6, 6.07) is 0. The van der Waals surface area contributed by atoms with E-state index in [0.29, 0.717) is 18.4 Å². The van der Waals surface area contributed by atoms with E-state index in [1.165, 1.54) is 0 Å². The van der Waals surface area contributed by atoms with Crippen LogP contribution >= 0.6 is 0 Å². The fourth-order valence-corrected chi connectivity index (χ4v) is 5.42. The molecule has 0 amide bonds. The average Bonchev–Trinajstić information content (AvgIpc) is 2.92. The zero-order valence-corrected chi connectivity index (χ0v) is 28.2. The largest absolute Gasteiger partial charge is 0.390 e. The molecule has 3 atom stereocenters. The minimum absolute atomic E-state index is 0.226. The lowest BCUT2D eigenvalue weighted by Gasteiger charge is -2.37. The molecular formula is C40H50O4. The van der Waals surface area contributed by atoms with Gasteiger partial charge in [0.1, 0.15) is 12.2 Å². The van der Waals surface area contributed by atoms with Crippen LogP contribution < -0.4 is 0 Å². The van der Waals surface area contributed by atoms with Gasteiger partial charge in [-0.05, 0) is 71.1 Å². The topological polar surface area (TPSA) is 77.8 Å². The van der Waals surface area contributed by atoms with E-state index in [1.54, 1.807) is 6.92 Å². The molecule has 0 spiro atoms. The van der Waals surface area contributed by atoms with Crippen LogP contribution in [0.3, 0.4) is 0 Å². The van der Waals surface area contributed by atoms with Crippen molar-refractivity contribution in [1.29, 1.82) is 0 Å². The quantitative estimate of drug-likeness (QED) is 0.219. The Morgan fingerprint density at radius 1 is 0.705 bits per heavy atom. The van der Waals surface area contributed by atoms with Gasteiger partial charge in [0.2, 0.25) is 0 Å². The van der Waals surface area contributed by atoms with E-state index >= 15 is 0 Å². The molecule has 2 aliphatic carbocycles. The zero-order chi connectivity index (χ0) is 33.2. The Morgan fingerprint density at radius 2 is 1.16 bits per heavy atom. The number of carbonyl (C=O) groups is 1. The molecule has 0 saturated carbocycles. The van der Waals surface area contributed by atoms with Crippen molar-refractivity contribution in [3.05, 3.63) is 105 Å². The maximum Gasteiger partial charge on any atom is 0.187 e. The van der Waals surface area contributed by atoms with Crippen LogP contribution in [0, 0.1) is 34.5 Å². The van der Waals surface area contributed by atoms with Crippen LogP contribution in [0.15, 0.2) is 105 Å². The molecule has 0 aromatic rings. The Hall–Kier alpha value is -3.67. The number of Topliss-reactive ketones (excluding diaryl/α,β-unsaturated/α-hetero) is 1. The van der Waals surface area contributed by atoms with Crippen molar-refractivity contribution in [3.8, 4) is 23.7 Å². The van der Waals surface area contributed by atoms with Crippen molar-refractivity contribution in [3.63, 3.8) is 0 Å². The van der Waals surface area contributed by atoms with Gasteiger partial charge in [-0.1, -0.05) is 123 Å². The first-order valence-electron chi connectivity index (χ1n) is 15.2. The number of aliphatic hydroxyl groups excluding tert-OH is 3. The normalized spacial score (nSPS) is 25.1. The summed E-state index contributed by atoms with van der Waals surface area (Å²) >= 11 is 0. The van der Waals surface area contributed by atoms with Gasteiger partial charge in [0.25, 0.3) is 0 Å². The fraction of sp³-hybridized carbons (Fsp3) is 0.425. The predicted molar refractivity (Wildman–Crippen MR) is 183 cm³/mol. The highest BCUT2D eigenvalue weighted by atomic mass is 16.3. The molecule has 0 fully saturated rings. The first kappa shape index (κ1) is 36.5. The Labute approximate surface area is 265 Å². The highest BCUT2D eigenvalue weighted by Gasteiger charge is 2.38. The van der Waals surface area contributed by atoms with Crippen molar-refractivity contribution in [2.75, 3.05) is 0 Å². The maximum atomic E-state index is 12.2. The first-order chi connectivity index (χ1) is 20.5. The molecule has 44 heavy (non-hydrogen) atoms. The third-order valence-corrected chi connectivity index (χ3v) is 8.04. The van der Waals surface area contributed by atoms with Crippen LogP contribution in [0.1, 0.15) is 82.1 Å². The molecule has 3 N–H and O–H groups in total. The molecule has 2 aliphatic rings. The number of aliphatic hydroxyl groups is 3. The van der Waals surface area contributed by atoms with Gasteiger partial charge < -0.3 is 15.3 Å². The first-order valence-corrected chi connectivity index (χ1v) is 15.2. The van der Waals surface area contributed by atoms with Crippen LogP contribution in [0.5, 0.6) is 0 Å². The number of ketones is 1. The Kier molecular flexibility index (Phi) is 13.2. The Bertz CT molecular complexity index is 1520. The molecule has 0 aliphatic heterocycles. The van der Waals surface area contributed by atoms with Crippen LogP contribution in [-0.2, 0) is 4.79 Å². The summed E-state index contributed by atoms with van der Waals surface area (Å²) in [5.41, 5.74) is 6.42. The summed E-state index contributed by atoms with van der Waals surface area (Å²) in [7, 11) is 0. The van der Waals surface area contributed by atoms with E-state index in [2.05, 4.69) is 37.5 Å². The van der Waals surface area contributed by atoms with Crippen LogP contribution in [0.4, 0.5) is 0 Å². The second-order valence-corrected chi connectivity index (χ2v) is 13.3. The predicted octanol–water partition coefficient (Wildman–Crippen LogP) is 7.59. The summed E-state index contributed by atoms with van der Waals surface area (Å²) in [4.78, 5) is 12.2. The molecule has 0 bridgehead atoms. The monoisotopic (exact) mass is 594 g/mol. The van der Waals surface area contributed by atoms with Crippen molar-refractivity contribution in [1.82, 2.24) is 0 Å². The van der Waals surface area contributed by atoms with Crippen molar-refractivity contribution < 1.29 is 20.1 Å². The SMILES string of the molecule is CC(C#CC1=C(C)C(=O)C(O)CC1(C)C)=CC=CC(C)=CC=CC=C(C)C=CC=C(C)C#CC1=C(C)C(O)C(O)CC1(C)C. The highest BCUT2D eigenvalue weighted by Crippen LogP contribution is 2.40. The summed E-state index contributed by atoms with van der Waals surface area (Å²) in [5.74, 6) is 12.5. The smallest absolute Gasteiger partial charge is 0.187 e. The average molecular weight is 595 g/mol. The van der Waals surface area contributed by atoms with Crippen LogP contribution in [-0.4, -0.2) is 39.4 Å². The lowest BCUT2D eigenvalue weighted by Crippen LogP contribution is -2.39. The van der Waals surface area contributed by atoms with Crippen molar-refractivity contribution in [2.45, 2.75) is 100 Å². The standard InChI is InChI=1S/C40H50O4/c1-27(17-13-19-29(3)21-23-33-31(5)37(43)35(41)25-39(33,7)8)15-11-12-16-28(2)18-14-20-30(4)22-24-34-32(6)38(44)36(42)26-40(34,9)10/h11-20,35-37,41-43H,25-26H2,1-10H3. The maximum absolute atomic E-state index is 12.2. The molecule has 2 rings (SSSR count). The summed E-state index contributed by atoms with van der Waals surface area (Å²) in [6.07, 6.45) is 18.3. The third kappa shape index (κ3) is 10.5. The molecule has 3 unspecified atom stereocenters. The fourth-order valence-electron chi connectivity index (χ4n) is 5.42. The van der Waals surface area contributed by atoms with E-state index in [4.69, 9.17) is 0 Å². The van der Waals surface area contributed by atoms with Gasteiger partial charge in [-0.25, -0.2) is 0 Å². The van der Waals surface area contributed by atoms with E-state index < -0.39 is 18.3 Å². The van der Waals surface area contributed by atoms with Gasteiger partial charge in [0.15, 0.2) is 5.78 Å². The molecule has 0 aromatic carbocycles. The summed E-state index contributed by atoms with van der Waals surface area (Å²) in [5, 5.41) is 30.3. The molecule has 4 heteroatoms. The van der Waals surface area contributed by atoms with Crippen LogP contribution in [0.25, 0.3) is 0 Å². The second-order valence-electron chi connectivity index (χ2n) is 13.3. The van der Waals surface area contributed by atoms with Gasteiger partial charge in [-0.2, -0.15) is 0 Å². The molecule has 0 radical (unpaired) electrons. The summed E-state index contributed by atoms with van der Waals surface area (Å²) < 4.78 is 0. The number of allylic oxidation sites excluding steroid dienone is 16. The molecule has 0 aromatic heterocycles. The number of rotatable bonds is 6. The van der Waals surface area contributed by atoms with Crippen molar-refractivity contribution >= 4 is 5.78 Å². The van der Waals surface area contributed by atoms with Gasteiger partial charge >= 0.3 is 0 Å². The molecule has 0 saturated heterocycles. The lowest BCUT2D eigenvalue weighted by atomic mass is 9.71. The minimum atomic E-state index is -0.941. The van der Waals surface area contributed by atoms with Gasteiger partial charge in [0.05, 0.1) is 6.10 Å². The van der Waals surface area contributed by atoms with E-state index in [-0.39, 0.29) is 16.6 Å². The van der Waals surface area contributed by atoms with E-state index in [0.717, 1.165) is 39.0 Å². The zero-order valence-electron chi connectivity index (χ0n) is 28.2. The molecule has 0 heterocycles. The van der Waals surface area contributed by atoms with E-state index in [9.17, 15) is 20.1 Å². The number of hydrogen-bond acceptors (Lipinski definition) is 4.